The average molecular weight is 704 g/mol. The number of aliphatic imine (C=N–C) groups is 1. The second kappa shape index (κ2) is 17.3. The fourth-order valence-corrected chi connectivity index (χ4v) is 6.47. The van der Waals surface area contributed by atoms with E-state index in [9.17, 15) is 9.59 Å². The van der Waals surface area contributed by atoms with E-state index in [1.54, 1.807) is 11.3 Å². The number of hydrogen-bond acceptors (Lipinski definition) is 11. The largest absolute Gasteiger partial charge is 0.463 e. The molecule has 0 aliphatic carbocycles. The first-order valence-electron chi connectivity index (χ1n) is 16.1. The van der Waals surface area contributed by atoms with Gasteiger partial charge >= 0.3 is 12.1 Å². The van der Waals surface area contributed by atoms with Crippen molar-refractivity contribution in [3.63, 3.8) is 0 Å². The van der Waals surface area contributed by atoms with Gasteiger partial charge in [-0.1, -0.05) is 30.7 Å². The van der Waals surface area contributed by atoms with Crippen molar-refractivity contribution in [1.29, 1.82) is 0 Å². The molecule has 3 aromatic rings. The summed E-state index contributed by atoms with van der Waals surface area (Å²) in [6, 6.07) is 6.98. The second-order valence-electron chi connectivity index (χ2n) is 12.3. The molecule has 1 N–H and O–H groups in total. The maximum absolute atomic E-state index is 13.5. The molecule has 2 atom stereocenters. The van der Waals surface area contributed by atoms with Crippen LogP contribution in [0.2, 0.25) is 5.02 Å². The number of hydrogen-bond donors (Lipinski definition) is 1. The topological polar surface area (TPSA) is 135 Å². The van der Waals surface area contributed by atoms with Crippen LogP contribution in [0.5, 0.6) is 0 Å². The number of aromatic nitrogens is 3. The summed E-state index contributed by atoms with van der Waals surface area (Å²) in [4.78, 5) is 31.5. The van der Waals surface area contributed by atoms with Crippen LogP contribution in [0, 0.1) is 26.7 Å². The van der Waals surface area contributed by atoms with Crippen LogP contribution in [0.4, 0.5) is 4.79 Å². The van der Waals surface area contributed by atoms with E-state index in [4.69, 9.17) is 40.3 Å². The van der Waals surface area contributed by atoms with Crippen LogP contribution in [0.3, 0.4) is 0 Å². The second-order valence-corrected chi connectivity index (χ2v) is 13.9. The lowest BCUT2D eigenvalue weighted by molar-refractivity contribution is -0.151. The van der Waals surface area contributed by atoms with E-state index in [1.165, 1.54) is 4.88 Å². The Balaban J connectivity index is 1.27. The first-order valence-corrected chi connectivity index (χ1v) is 17.3. The number of carbonyl (C=O) groups is 2. The van der Waals surface area contributed by atoms with Gasteiger partial charge in [0.05, 0.1) is 51.3 Å². The summed E-state index contributed by atoms with van der Waals surface area (Å²) in [5.74, 6) is 0.378. The van der Waals surface area contributed by atoms with Gasteiger partial charge in [-0.25, -0.2) is 4.79 Å². The molecule has 48 heavy (non-hydrogen) atoms. The van der Waals surface area contributed by atoms with Gasteiger partial charge < -0.3 is 29.0 Å². The van der Waals surface area contributed by atoms with Crippen molar-refractivity contribution in [2.24, 2.45) is 10.9 Å². The van der Waals surface area contributed by atoms with E-state index in [1.807, 2.05) is 63.5 Å². The summed E-state index contributed by atoms with van der Waals surface area (Å²) >= 11 is 7.89. The van der Waals surface area contributed by atoms with Gasteiger partial charge in [0.25, 0.3) is 0 Å². The highest BCUT2D eigenvalue weighted by atomic mass is 35.5. The van der Waals surface area contributed by atoms with E-state index in [0.717, 1.165) is 33.2 Å². The Labute approximate surface area is 291 Å². The number of esters is 1. The quantitative estimate of drug-likeness (QED) is 0.142. The van der Waals surface area contributed by atoms with Crippen LogP contribution in [-0.2, 0) is 28.5 Å². The molecule has 0 fully saturated rings. The fraction of sp³-hybridized carbons (Fsp3) is 0.559. The van der Waals surface area contributed by atoms with Crippen molar-refractivity contribution < 1.29 is 33.3 Å². The lowest BCUT2D eigenvalue weighted by Gasteiger charge is -2.21. The summed E-state index contributed by atoms with van der Waals surface area (Å²) in [5.41, 5.74) is 3.29. The third-order valence-corrected chi connectivity index (χ3v) is 9.01. The van der Waals surface area contributed by atoms with Crippen LogP contribution in [-0.4, -0.2) is 90.9 Å². The molecule has 1 aliphatic heterocycles. The predicted molar refractivity (Wildman–Crippen MR) is 185 cm³/mol. The molecular weight excluding hydrogens is 658 g/mol. The number of rotatable bonds is 16. The summed E-state index contributed by atoms with van der Waals surface area (Å²) in [6.07, 6.45) is 0.0187. The molecule has 0 unspecified atom stereocenters. The van der Waals surface area contributed by atoms with Crippen LogP contribution < -0.4 is 5.32 Å². The van der Waals surface area contributed by atoms with E-state index in [0.29, 0.717) is 56.8 Å². The van der Waals surface area contributed by atoms with Crippen LogP contribution in [0.1, 0.15) is 73.4 Å². The molecule has 0 radical (unpaired) electrons. The first kappa shape index (κ1) is 37.5. The van der Waals surface area contributed by atoms with E-state index in [-0.39, 0.29) is 19.2 Å². The van der Waals surface area contributed by atoms with Gasteiger partial charge in [-0.15, -0.1) is 21.5 Å². The number of carbonyl (C=O) groups excluding carboxylic acids is 2. The van der Waals surface area contributed by atoms with E-state index >= 15 is 0 Å². The lowest BCUT2D eigenvalue weighted by atomic mass is 9.95. The maximum atomic E-state index is 13.5. The third-order valence-electron chi connectivity index (χ3n) is 7.56. The minimum Gasteiger partial charge on any atom is -0.463 e. The van der Waals surface area contributed by atoms with Crippen molar-refractivity contribution in [3.05, 3.63) is 62.5 Å². The minimum absolute atomic E-state index is 0.0981. The van der Waals surface area contributed by atoms with Gasteiger partial charge in [-0.05, 0) is 65.7 Å². The van der Waals surface area contributed by atoms with Gasteiger partial charge in [0.1, 0.15) is 29.1 Å². The first-order chi connectivity index (χ1) is 22.9. The average Bonchev–Trinajstić information content (AvgIpc) is 3.50. The molecule has 0 bridgehead atoms. The van der Waals surface area contributed by atoms with Crippen molar-refractivity contribution in [2.45, 2.75) is 66.5 Å². The Kier molecular flexibility index (Phi) is 13.5. The van der Waals surface area contributed by atoms with E-state index in [2.05, 4.69) is 29.4 Å². The SMILES string of the molecule is CC[C@@H](C(=O)OCCOCCOCCOCCNC(=O)OC(C)(C)C)[C@@H]1N=C(c2ccc(Cl)cc2)c2c(sc(C)c2C)-n2c(C)nnc21. The van der Waals surface area contributed by atoms with Gasteiger partial charge in [-0.3, -0.25) is 14.4 Å². The fourth-order valence-electron chi connectivity index (χ4n) is 5.13. The monoisotopic (exact) mass is 703 g/mol. The maximum Gasteiger partial charge on any atom is 0.407 e. The van der Waals surface area contributed by atoms with Gasteiger partial charge in [-0.2, -0.15) is 0 Å². The number of benzene rings is 1. The number of nitrogens with one attached hydrogen (secondary N) is 1. The van der Waals surface area contributed by atoms with Gasteiger partial charge in [0, 0.05) is 27.6 Å². The Hall–Kier alpha value is -3.36. The lowest BCUT2D eigenvalue weighted by Crippen LogP contribution is -2.34. The zero-order valence-electron chi connectivity index (χ0n) is 28.8. The van der Waals surface area contributed by atoms with Crippen LogP contribution in [0.15, 0.2) is 29.3 Å². The zero-order chi connectivity index (χ0) is 34.8. The highest BCUT2D eigenvalue weighted by molar-refractivity contribution is 7.15. The summed E-state index contributed by atoms with van der Waals surface area (Å²) in [7, 11) is 0. The molecule has 0 saturated carbocycles. The number of fused-ring (bicyclic) bond motifs is 3. The molecule has 3 heterocycles. The number of thiophene rings is 1. The number of amides is 1. The Morgan fingerprint density at radius 3 is 2.21 bits per heavy atom. The third kappa shape index (κ3) is 9.85. The van der Waals surface area contributed by atoms with Gasteiger partial charge in [0.15, 0.2) is 5.82 Å². The Morgan fingerprint density at radius 1 is 0.958 bits per heavy atom. The minimum atomic E-state index is -0.613. The number of aryl methyl sites for hydroxylation is 2. The van der Waals surface area contributed by atoms with Crippen LogP contribution >= 0.6 is 22.9 Å². The number of alkyl carbamates (subject to hydrolysis) is 1. The molecule has 1 aliphatic rings. The van der Waals surface area contributed by atoms with E-state index < -0.39 is 23.7 Å². The zero-order valence-corrected chi connectivity index (χ0v) is 30.3. The molecule has 1 aromatic carbocycles. The number of nitrogens with zero attached hydrogens (tertiary/aromatic N) is 4. The van der Waals surface area contributed by atoms with Gasteiger partial charge in [0.2, 0.25) is 0 Å². The highest BCUT2D eigenvalue weighted by Crippen LogP contribution is 2.41. The number of halogens is 1. The molecule has 0 saturated heterocycles. The van der Waals surface area contributed by atoms with Crippen molar-refractivity contribution in [1.82, 2.24) is 20.1 Å². The molecule has 2 aromatic heterocycles. The Morgan fingerprint density at radius 2 is 1.58 bits per heavy atom. The molecule has 14 heteroatoms. The van der Waals surface area contributed by atoms with Crippen molar-refractivity contribution in [2.75, 3.05) is 52.8 Å². The van der Waals surface area contributed by atoms with Crippen molar-refractivity contribution >= 4 is 40.7 Å². The molecular formula is C34H46ClN5O7S. The predicted octanol–water partition coefficient (Wildman–Crippen LogP) is 5.94. The Bertz CT molecular complexity index is 1560. The molecule has 0 spiro atoms. The molecule has 12 nitrogen and oxygen atoms in total. The molecule has 262 valence electrons. The normalized spacial score (nSPS) is 14.8. The standard InChI is InChI=1S/C34H46ClN5O7S/c1-8-26(32(41)46-20-19-45-18-17-44-16-15-43-14-13-36-33(42)47-34(5,6)7)29-30-39-38-23(4)40(30)31-27(21(2)22(3)48-31)28(37-29)24-9-11-25(35)12-10-24/h9-12,26,29H,8,13-20H2,1-7H3,(H,36,42)/t26-,29+/m1/s1. The molecule has 4 rings (SSSR count). The molecule has 1 amide bonds. The highest BCUT2D eigenvalue weighted by Gasteiger charge is 2.38. The summed E-state index contributed by atoms with van der Waals surface area (Å²) in [6.45, 7) is 16.0. The summed E-state index contributed by atoms with van der Waals surface area (Å²) in [5, 5.41) is 13.2. The number of ether oxygens (including phenoxy) is 5. The van der Waals surface area contributed by atoms with Crippen molar-refractivity contribution in [3.8, 4) is 5.00 Å². The smallest absolute Gasteiger partial charge is 0.407 e. The summed E-state index contributed by atoms with van der Waals surface area (Å²) < 4.78 is 29.5. The van der Waals surface area contributed by atoms with Crippen LogP contribution in [0.25, 0.3) is 5.00 Å².